The van der Waals surface area contributed by atoms with Crippen molar-refractivity contribution in [3.63, 3.8) is 0 Å². The molecular formula is C8H17N3S. The number of rotatable bonds is 2. The summed E-state index contributed by atoms with van der Waals surface area (Å²) in [5.74, 6) is 5.21. The second-order valence-electron chi connectivity index (χ2n) is 3.44. The fraction of sp³-hybridized carbons (Fsp3) is 0.875. The highest BCUT2D eigenvalue weighted by atomic mass is 32.1. The van der Waals surface area contributed by atoms with E-state index in [4.69, 9.17) is 18.1 Å². The number of nitrogens with two attached hydrogens (primary N) is 1. The molecule has 1 aliphatic rings. The van der Waals surface area contributed by atoms with Gasteiger partial charge in [-0.15, -0.1) is 0 Å². The van der Waals surface area contributed by atoms with E-state index in [0.29, 0.717) is 5.11 Å². The van der Waals surface area contributed by atoms with E-state index in [2.05, 4.69) is 17.7 Å². The van der Waals surface area contributed by atoms with Crippen LogP contribution in [0.1, 0.15) is 39.0 Å². The summed E-state index contributed by atoms with van der Waals surface area (Å²) >= 11 is 4.98. The lowest BCUT2D eigenvalue weighted by Gasteiger charge is -2.29. The Morgan fingerprint density at radius 2 is 2.08 bits per heavy atom. The third-order valence-electron chi connectivity index (χ3n) is 2.75. The Hall–Kier alpha value is -0.350. The van der Waals surface area contributed by atoms with Gasteiger partial charge in [-0.1, -0.05) is 19.8 Å². The van der Waals surface area contributed by atoms with E-state index in [0.717, 1.165) is 6.42 Å². The van der Waals surface area contributed by atoms with Gasteiger partial charge in [-0.2, -0.15) is 0 Å². The van der Waals surface area contributed by atoms with Crippen molar-refractivity contribution in [3.05, 3.63) is 0 Å². The standard InChI is InChI=1S/C8H17N3S/c1-2-8(5-3-4-6-8)10-7(12)11-9/h2-6,9H2,1H3,(H2,10,11,12). The SMILES string of the molecule is CCC1(NC(=S)NN)CCCC1. The van der Waals surface area contributed by atoms with Gasteiger partial charge < -0.3 is 10.7 Å². The molecule has 4 heteroatoms. The Morgan fingerprint density at radius 3 is 2.50 bits per heavy atom. The van der Waals surface area contributed by atoms with Crippen molar-refractivity contribution in [2.24, 2.45) is 5.84 Å². The monoisotopic (exact) mass is 187 g/mol. The number of hydrazine groups is 1. The van der Waals surface area contributed by atoms with Crippen molar-refractivity contribution in [2.75, 3.05) is 0 Å². The minimum Gasteiger partial charge on any atom is -0.356 e. The molecule has 0 unspecified atom stereocenters. The van der Waals surface area contributed by atoms with Gasteiger partial charge in [0.1, 0.15) is 0 Å². The van der Waals surface area contributed by atoms with E-state index < -0.39 is 0 Å². The molecule has 12 heavy (non-hydrogen) atoms. The molecule has 0 saturated heterocycles. The molecule has 0 atom stereocenters. The summed E-state index contributed by atoms with van der Waals surface area (Å²) in [4.78, 5) is 0. The van der Waals surface area contributed by atoms with Crippen LogP contribution in [0.3, 0.4) is 0 Å². The molecule has 0 bridgehead atoms. The van der Waals surface area contributed by atoms with Crippen molar-refractivity contribution >= 4 is 17.3 Å². The number of hydrogen-bond donors (Lipinski definition) is 3. The van der Waals surface area contributed by atoms with Gasteiger partial charge in [0, 0.05) is 5.54 Å². The van der Waals surface area contributed by atoms with Gasteiger partial charge in [0.25, 0.3) is 0 Å². The van der Waals surface area contributed by atoms with Gasteiger partial charge >= 0.3 is 0 Å². The largest absolute Gasteiger partial charge is 0.356 e. The summed E-state index contributed by atoms with van der Waals surface area (Å²) < 4.78 is 0. The van der Waals surface area contributed by atoms with E-state index >= 15 is 0 Å². The van der Waals surface area contributed by atoms with Crippen LogP contribution in [0.5, 0.6) is 0 Å². The van der Waals surface area contributed by atoms with Crippen LogP contribution in [-0.4, -0.2) is 10.7 Å². The zero-order valence-corrected chi connectivity index (χ0v) is 8.34. The molecule has 0 aromatic carbocycles. The van der Waals surface area contributed by atoms with Crippen molar-refractivity contribution in [3.8, 4) is 0 Å². The Labute approximate surface area is 79.1 Å². The molecule has 1 aliphatic carbocycles. The van der Waals surface area contributed by atoms with E-state index in [9.17, 15) is 0 Å². The molecule has 0 amide bonds. The third-order valence-corrected chi connectivity index (χ3v) is 2.97. The maximum atomic E-state index is 5.21. The van der Waals surface area contributed by atoms with E-state index in [1.165, 1.54) is 25.7 Å². The van der Waals surface area contributed by atoms with Gasteiger partial charge in [0.2, 0.25) is 0 Å². The summed E-state index contributed by atoms with van der Waals surface area (Å²) in [6.45, 7) is 2.19. The van der Waals surface area contributed by atoms with Crippen molar-refractivity contribution in [1.29, 1.82) is 0 Å². The molecule has 0 aromatic heterocycles. The Balaban J connectivity index is 2.49. The lowest BCUT2D eigenvalue weighted by atomic mass is 9.95. The van der Waals surface area contributed by atoms with E-state index in [1.54, 1.807) is 0 Å². The van der Waals surface area contributed by atoms with E-state index in [1.807, 2.05) is 0 Å². The number of nitrogens with one attached hydrogen (secondary N) is 2. The van der Waals surface area contributed by atoms with Gasteiger partial charge in [-0.25, -0.2) is 5.84 Å². The first-order chi connectivity index (χ1) is 5.72. The zero-order chi connectivity index (χ0) is 9.03. The minimum atomic E-state index is 0.226. The Bertz CT molecular complexity index is 164. The molecule has 1 saturated carbocycles. The number of hydrogen-bond acceptors (Lipinski definition) is 2. The van der Waals surface area contributed by atoms with Crippen LogP contribution in [0.4, 0.5) is 0 Å². The highest BCUT2D eigenvalue weighted by Crippen LogP contribution is 2.32. The highest BCUT2D eigenvalue weighted by molar-refractivity contribution is 7.80. The quantitative estimate of drug-likeness (QED) is 0.343. The average molecular weight is 187 g/mol. The molecule has 3 nitrogen and oxygen atoms in total. The van der Waals surface area contributed by atoms with Crippen LogP contribution < -0.4 is 16.6 Å². The molecule has 0 aliphatic heterocycles. The van der Waals surface area contributed by atoms with Crippen molar-refractivity contribution in [2.45, 2.75) is 44.6 Å². The second-order valence-corrected chi connectivity index (χ2v) is 3.85. The summed E-state index contributed by atoms with van der Waals surface area (Å²) in [6.07, 6.45) is 6.15. The van der Waals surface area contributed by atoms with Crippen LogP contribution in [0, 0.1) is 0 Å². The van der Waals surface area contributed by atoms with Crippen LogP contribution in [0.2, 0.25) is 0 Å². The molecule has 4 N–H and O–H groups in total. The Kier molecular flexibility index (Phi) is 3.29. The predicted molar refractivity (Wildman–Crippen MR) is 54.5 cm³/mol. The summed E-state index contributed by atoms with van der Waals surface area (Å²) in [5, 5.41) is 3.86. The average Bonchev–Trinajstić information content (AvgIpc) is 2.54. The summed E-state index contributed by atoms with van der Waals surface area (Å²) in [5.41, 5.74) is 2.70. The molecule has 70 valence electrons. The van der Waals surface area contributed by atoms with Gasteiger partial charge in [0.15, 0.2) is 5.11 Å². The molecule has 0 radical (unpaired) electrons. The second kappa shape index (κ2) is 4.05. The highest BCUT2D eigenvalue weighted by Gasteiger charge is 2.32. The van der Waals surface area contributed by atoms with Crippen LogP contribution in [0.25, 0.3) is 0 Å². The maximum absolute atomic E-state index is 5.21. The summed E-state index contributed by atoms with van der Waals surface area (Å²) in [7, 11) is 0. The topological polar surface area (TPSA) is 50.1 Å². The van der Waals surface area contributed by atoms with Gasteiger partial charge in [-0.05, 0) is 31.5 Å². The van der Waals surface area contributed by atoms with Crippen LogP contribution >= 0.6 is 12.2 Å². The molecule has 0 spiro atoms. The van der Waals surface area contributed by atoms with E-state index in [-0.39, 0.29) is 5.54 Å². The molecule has 1 fully saturated rings. The number of thiocarbonyl (C=S) groups is 1. The molecule has 0 heterocycles. The molecular weight excluding hydrogens is 170 g/mol. The van der Waals surface area contributed by atoms with Gasteiger partial charge in [0.05, 0.1) is 0 Å². The Morgan fingerprint density at radius 1 is 1.50 bits per heavy atom. The summed E-state index contributed by atoms with van der Waals surface area (Å²) in [6, 6.07) is 0. The molecule has 1 rings (SSSR count). The van der Waals surface area contributed by atoms with Crippen LogP contribution in [-0.2, 0) is 0 Å². The first-order valence-electron chi connectivity index (χ1n) is 4.51. The van der Waals surface area contributed by atoms with Crippen molar-refractivity contribution < 1.29 is 0 Å². The lowest BCUT2D eigenvalue weighted by Crippen LogP contribution is -2.51. The zero-order valence-electron chi connectivity index (χ0n) is 7.52. The first-order valence-corrected chi connectivity index (χ1v) is 4.92. The van der Waals surface area contributed by atoms with Crippen molar-refractivity contribution in [1.82, 2.24) is 10.7 Å². The smallest absolute Gasteiger partial charge is 0.181 e. The maximum Gasteiger partial charge on any atom is 0.181 e. The predicted octanol–water partition coefficient (Wildman–Crippen LogP) is 1.05. The lowest BCUT2D eigenvalue weighted by molar-refractivity contribution is 0.374. The first kappa shape index (κ1) is 9.74. The normalized spacial score (nSPS) is 20.5. The minimum absolute atomic E-state index is 0.226. The fourth-order valence-corrected chi connectivity index (χ4v) is 2.11. The third kappa shape index (κ3) is 2.08. The van der Waals surface area contributed by atoms with Gasteiger partial charge in [-0.3, -0.25) is 0 Å². The molecule has 0 aromatic rings. The fourth-order valence-electron chi connectivity index (χ4n) is 1.90. The van der Waals surface area contributed by atoms with Crippen LogP contribution in [0.15, 0.2) is 0 Å².